The number of aliphatic hydroxyl groups excluding tert-OH is 1. The number of hydrogen-bond acceptors (Lipinski definition) is 7. The van der Waals surface area contributed by atoms with E-state index in [-0.39, 0.29) is 6.61 Å². The maximum Gasteiger partial charge on any atom is 0.162 e. The van der Waals surface area contributed by atoms with Crippen LogP contribution in [0.15, 0.2) is 48.5 Å². The van der Waals surface area contributed by atoms with Crippen LogP contribution >= 0.6 is 0 Å². The largest absolute Gasteiger partial charge is 0.493 e. The number of anilines is 2. The number of aromatic nitrogens is 1. The summed E-state index contributed by atoms with van der Waals surface area (Å²) in [7, 11) is 6.39. The lowest BCUT2D eigenvalue weighted by Crippen LogP contribution is -1.99. The average molecular weight is 420 g/mol. The quantitative estimate of drug-likeness (QED) is 0.421. The van der Waals surface area contributed by atoms with E-state index in [1.54, 1.807) is 28.4 Å². The third-order valence-corrected chi connectivity index (χ3v) is 5.16. The number of hydrogen-bond donors (Lipinski definition) is 2. The Morgan fingerprint density at radius 1 is 0.742 bits per heavy atom. The molecule has 0 unspecified atom stereocenters. The van der Waals surface area contributed by atoms with Gasteiger partial charge in [-0.05, 0) is 29.8 Å². The molecule has 0 saturated heterocycles. The highest BCUT2D eigenvalue weighted by Crippen LogP contribution is 2.42. The van der Waals surface area contributed by atoms with Crippen LogP contribution in [0, 0.1) is 0 Å². The molecule has 0 spiro atoms. The van der Waals surface area contributed by atoms with E-state index in [2.05, 4.69) is 5.32 Å². The Morgan fingerprint density at radius 3 is 1.74 bits per heavy atom. The second-order valence-electron chi connectivity index (χ2n) is 6.92. The van der Waals surface area contributed by atoms with Crippen molar-refractivity contribution in [3.05, 3.63) is 54.1 Å². The first kappa shape index (κ1) is 20.6. The summed E-state index contributed by atoms with van der Waals surface area (Å²) >= 11 is 0. The SMILES string of the molecule is COc1cc2nc3cc(OC)c(OC)cc3c(Nc3cccc(CO)c3)c2cc1OC. The molecule has 0 aliphatic carbocycles. The summed E-state index contributed by atoms with van der Waals surface area (Å²) in [5, 5.41) is 14.7. The van der Waals surface area contributed by atoms with Crippen LogP contribution in [0.5, 0.6) is 23.0 Å². The van der Waals surface area contributed by atoms with Gasteiger partial charge in [0, 0.05) is 28.6 Å². The van der Waals surface area contributed by atoms with Gasteiger partial charge in [0.2, 0.25) is 0 Å². The van der Waals surface area contributed by atoms with Gasteiger partial charge in [0.1, 0.15) is 0 Å². The summed E-state index contributed by atoms with van der Waals surface area (Å²) in [5.74, 6) is 2.39. The van der Waals surface area contributed by atoms with E-state index in [4.69, 9.17) is 23.9 Å². The minimum absolute atomic E-state index is 0.0383. The Hall–Kier alpha value is -3.71. The molecule has 160 valence electrons. The third-order valence-electron chi connectivity index (χ3n) is 5.16. The first-order valence-electron chi connectivity index (χ1n) is 9.70. The minimum atomic E-state index is -0.0383. The van der Waals surface area contributed by atoms with Crippen molar-refractivity contribution in [2.45, 2.75) is 6.61 Å². The number of ether oxygens (including phenoxy) is 4. The number of nitrogens with zero attached hydrogens (tertiary/aromatic N) is 1. The van der Waals surface area contributed by atoms with Crippen molar-refractivity contribution in [3.63, 3.8) is 0 Å². The zero-order valence-electron chi connectivity index (χ0n) is 17.9. The monoisotopic (exact) mass is 420 g/mol. The lowest BCUT2D eigenvalue weighted by molar-refractivity contribution is 0.282. The number of pyridine rings is 1. The summed E-state index contributed by atoms with van der Waals surface area (Å²) in [4.78, 5) is 4.83. The van der Waals surface area contributed by atoms with Crippen molar-refractivity contribution in [2.75, 3.05) is 33.8 Å². The van der Waals surface area contributed by atoms with Gasteiger partial charge in [-0.2, -0.15) is 0 Å². The van der Waals surface area contributed by atoms with E-state index < -0.39 is 0 Å². The maximum absolute atomic E-state index is 9.52. The second kappa shape index (κ2) is 8.57. The van der Waals surface area contributed by atoms with Gasteiger partial charge in [-0.3, -0.25) is 0 Å². The van der Waals surface area contributed by atoms with Gasteiger partial charge in [-0.25, -0.2) is 4.98 Å². The first-order chi connectivity index (χ1) is 15.1. The Kier molecular flexibility index (Phi) is 5.68. The summed E-state index contributed by atoms with van der Waals surface area (Å²) in [6.45, 7) is -0.0383. The molecule has 0 radical (unpaired) electrons. The number of methoxy groups -OCH3 is 4. The van der Waals surface area contributed by atoms with Crippen molar-refractivity contribution in [3.8, 4) is 23.0 Å². The van der Waals surface area contributed by atoms with Crippen LogP contribution in [0.2, 0.25) is 0 Å². The topological polar surface area (TPSA) is 82.1 Å². The zero-order chi connectivity index (χ0) is 22.0. The van der Waals surface area contributed by atoms with Gasteiger partial charge in [-0.15, -0.1) is 0 Å². The lowest BCUT2D eigenvalue weighted by Gasteiger charge is -2.17. The highest BCUT2D eigenvalue weighted by Gasteiger charge is 2.17. The smallest absolute Gasteiger partial charge is 0.162 e. The normalized spacial score (nSPS) is 10.9. The molecule has 0 atom stereocenters. The average Bonchev–Trinajstić information content (AvgIpc) is 2.82. The third kappa shape index (κ3) is 3.75. The molecule has 7 nitrogen and oxygen atoms in total. The lowest BCUT2D eigenvalue weighted by atomic mass is 10.1. The standard InChI is InChI=1S/C24H24N2O5/c1-28-20-9-16-18(11-22(20)30-3)26-19-12-23(31-4)21(29-2)10-17(19)24(16)25-15-7-5-6-14(8-15)13-27/h5-12,27H,13H2,1-4H3,(H,25,26). The Bertz CT molecular complexity index is 1190. The molecule has 0 aliphatic rings. The van der Waals surface area contributed by atoms with Gasteiger partial charge in [-0.1, -0.05) is 12.1 Å². The summed E-state index contributed by atoms with van der Waals surface area (Å²) in [6, 6.07) is 15.1. The molecular formula is C24H24N2O5. The zero-order valence-corrected chi connectivity index (χ0v) is 17.9. The molecule has 1 heterocycles. The van der Waals surface area contributed by atoms with Crippen LogP contribution < -0.4 is 24.3 Å². The molecule has 0 saturated carbocycles. The molecule has 3 aromatic carbocycles. The van der Waals surface area contributed by atoms with Crippen molar-refractivity contribution in [2.24, 2.45) is 0 Å². The minimum Gasteiger partial charge on any atom is -0.493 e. The van der Waals surface area contributed by atoms with Crippen LogP contribution in [0.3, 0.4) is 0 Å². The Morgan fingerprint density at radius 2 is 1.26 bits per heavy atom. The highest BCUT2D eigenvalue weighted by molar-refractivity contribution is 6.10. The fourth-order valence-corrected chi connectivity index (χ4v) is 3.62. The molecule has 0 amide bonds. The van der Waals surface area contributed by atoms with Crippen LogP contribution in [-0.2, 0) is 6.61 Å². The molecular weight excluding hydrogens is 396 g/mol. The van der Waals surface area contributed by atoms with Crippen LogP contribution in [-0.4, -0.2) is 38.5 Å². The number of nitrogens with one attached hydrogen (secondary N) is 1. The molecule has 4 aromatic rings. The summed E-state index contributed by atoms with van der Waals surface area (Å²) in [5.41, 5.74) is 3.95. The molecule has 0 fully saturated rings. The number of rotatable bonds is 7. The van der Waals surface area contributed by atoms with Crippen LogP contribution in [0.1, 0.15) is 5.56 Å². The first-order valence-corrected chi connectivity index (χ1v) is 9.70. The highest BCUT2D eigenvalue weighted by atomic mass is 16.5. The predicted molar refractivity (Wildman–Crippen MR) is 121 cm³/mol. The number of benzene rings is 3. The second-order valence-corrected chi connectivity index (χ2v) is 6.92. The Labute approximate surface area is 180 Å². The molecule has 4 rings (SSSR count). The van der Waals surface area contributed by atoms with E-state index in [1.807, 2.05) is 48.5 Å². The number of aliphatic hydroxyl groups is 1. The van der Waals surface area contributed by atoms with Crippen molar-refractivity contribution in [1.29, 1.82) is 0 Å². The molecule has 2 N–H and O–H groups in total. The van der Waals surface area contributed by atoms with Crippen molar-refractivity contribution < 1.29 is 24.1 Å². The summed E-state index contributed by atoms with van der Waals surface area (Å²) in [6.07, 6.45) is 0. The van der Waals surface area contributed by atoms with Crippen molar-refractivity contribution >= 4 is 33.2 Å². The van der Waals surface area contributed by atoms with Gasteiger partial charge in [0.15, 0.2) is 23.0 Å². The van der Waals surface area contributed by atoms with Gasteiger partial charge >= 0.3 is 0 Å². The van der Waals surface area contributed by atoms with Crippen LogP contribution in [0.4, 0.5) is 11.4 Å². The fourth-order valence-electron chi connectivity index (χ4n) is 3.62. The maximum atomic E-state index is 9.52. The molecule has 7 heteroatoms. The molecule has 0 aliphatic heterocycles. The molecule has 1 aromatic heterocycles. The van der Waals surface area contributed by atoms with E-state index in [0.29, 0.717) is 23.0 Å². The van der Waals surface area contributed by atoms with E-state index in [0.717, 1.165) is 38.7 Å². The van der Waals surface area contributed by atoms with Crippen LogP contribution in [0.25, 0.3) is 21.8 Å². The molecule has 0 bridgehead atoms. The van der Waals surface area contributed by atoms with E-state index in [9.17, 15) is 5.11 Å². The Balaban J connectivity index is 2.05. The van der Waals surface area contributed by atoms with Gasteiger partial charge in [0.05, 0.1) is 51.8 Å². The van der Waals surface area contributed by atoms with E-state index >= 15 is 0 Å². The fraction of sp³-hybridized carbons (Fsp3) is 0.208. The van der Waals surface area contributed by atoms with Gasteiger partial charge in [0.25, 0.3) is 0 Å². The molecule has 31 heavy (non-hydrogen) atoms. The van der Waals surface area contributed by atoms with Crippen molar-refractivity contribution in [1.82, 2.24) is 4.98 Å². The summed E-state index contributed by atoms with van der Waals surface area (Å²) < 4.78 is 22.0. The van der Waals surface area contributed by atoms with E-state index in [1.165, 1.54) is 0 Å². The predicted octanol–water partition coefficient (Wildman–Crippen LogP) is 4.66. The number of fused-ring (bicyclic) bond motifs is 2. The van der Waals surface area contributed by atoms with Gasteiger partial charge < -0.3 is 29.4 Å².